The highest BCUT2D eigenvalue weighted by atomic mass is 32.2. The summed E-state index contributed by atoms with van der Waals surface area (Å²) in [5.41, 5.74) is 2.23. The number of benzene rings is 2. The Hall–Kier alpha value is -3.76. The molecule has 10 heteroatoms. The monoisotopic (exact) mass is 467 g/mol. The smallest absolute Gasteiger partial charge is 0.492 e. The molecule has 1 aromatic heterocycles. The number of amides is 1. The van der Waals surface area contributed by atoms with Crippen LogP contribution in [-0.4, -0.2) is 57.3 Å². The van der Waals surface area contributed by atoms with E-state index in [9.17, 15) is 14.7 Å². The number of fused-ring (bicyclic) bond motifs is 1. The highest BCUT2D eigenvalue weighted by Crippen LogP contribution is 2.35. The van der Waals surface area contributed by atoms with Crippen molar-refractivity contribution in [1.82, 2.24) is 10.3 Å². The van der Waals surface area contributed by atoms with Crippen LogP contribution in [0.2, 0.25) is 0 Å². The van der Waals surface area contributed by atoms with Gasteiger partial charge in [-0.15, -0.1) is 10.5 Å². The molecule has 2 aromatic carbocycles. The number of aromatic nitrogens is 1. The van der Waals surface area contributed by atoms with Crippen molar-refractivity contribution < 1.29 is 29.3 Å². The van der Waals surface area contributed by atoms with E-state index in [0.717, 1.165) is 11.1 Å². The maximum absolute atomic E-state index is 12.2. The highest BCUT2D eigenvalue weighted by molar-refractivity contribution is 8.29. The lowest BCUT2D eigenvalue weighted by Crippen LogP contribution is -2.21. The number of hydrogen-bond donors (Lipinski definition) is 3. The molecule has 0 bridgehead atoms. The maximum Gasteiger partial charge on any atom is 0.511 e. The molecule has 0 spiro atoms. The molecule has 1 amide bonds. The first-order chi connectivity index (χ1) is 16.0. The summed E-state index contributed by atoms with van der Waals surface area (Å²) in [5.74, 6) is 0.349. The van der Waals surface area contributed by atoms with Crippen molar-refractivity contribution in [3.63, 3.8) is 0 Å². The van der Waals surface area contributed by atoms with Gasteiger partial charge >= 0.3 is 6.16 Å². The molecule has 170 valence electrons. The molecule has 0 saturated carbocycles. The van der Waals surface area contributed by atoms with Crippen LogP contribution in [0.3, 0.4) is 0 Å². The Morgan fingerprint density at radius 3 is 2.79 bits per heavy atom. The zero-order chi connectivity index (χ0) is 23.4. The van der Waals surface area contributed by atoms with Gasteiger partial charge in [-0.2, -0.15) is 0 Å². The Morgan fingerprint density at radius 2 is 2.09 bits per heavy atom. The third-order valence-corrected chi connectivity index (χ3v) is 6.74. The summed E-state index contributed by atoms with van der Waals surface area (Å²) in [6, 6.07) is 14.3. The Bertz CT molecular complexity index is 1280. The van der Waals surface area contributed by atoms with Gasteiger partial charge in [-0.05, 0) is 28.6 Å². The zero-order valence-corrected chi connectivity index (χ0v) is 18.4. The van der Waals surface area contributed by atoms with Gasteiger partial charge in [-0.3, -0.25) is 14.8 Å². The molecule has 1 aliphatic rings. The molecule has 1 saturated heterocycles. The molecule has 2 atom stereocenters. The van der Waals surface area contributed by atoms with Crippen molar-refractivity contribution in [3.8, 4) is 11.5 Å². The Morgan fingerprint density at radius 1 is 1.30 bits per heavy atom. The van der Waals surface area contributed by atoms with Gasteiger partial charge in [0.05, 0.1) is 31.2 Å². The number of nitrogens with zero attached hydrogens (tertiary/aromatic N) is 2. The van der Waals surface area contributed by atoms with Crippen LogP contribution in [0.15, 0.2) is 59.7 Å². The molecule has 3 aromatic rings. The Balaban J connectivity index is 1.73. The number of ether oxygens (including phenoxy) is 2. The van der Waals surface area contributed by atoms with Gasteiger partial charge < -0.3 is 25.0 Å². The number of aliphatic hydroxyl groups is 1. The summed E-state index contributed by atoms with van der Waals surface area (Å²) in [7, 11) is 0.780. The van der Waals surface area contributed by atoms with E-state index in [2.05, 4.69) is 15.3 Å². The number of aliphatic imine (C=N–C) groups is 1. The maximum atomic E-state index is 12.2. The topological polar surface area (TPSA) is 130 Å². The van der Waals surface area contributed by atoms with Gasteiger partial charge in [0.1, 0.15) is 6.04 Å². The number of amidine groups is 1. The number of methoxy groups -OCH3 is 1. The molecule has 1 fully saturated rings. The minimum Gasteiger partial charge on any atom is -0.492 e. The fraction of sp³-hybridized carbons (Fsp3) is 0.174. The number of hydrogen-bond acceptors (Lipinski definition) is 7. The molecule has 0 aliphatic carbocycles. The molecule has 33 heavy (non-hydrogen) atoms. The number of carbonyl (C=O) groups is 2. The Kier molecular flexibility index (Phi) is 6.66. The third kappa shape index (κ3) is 5.02. The lowest BCUT2D eigenvalue weighted by Gasteiger charge is -2.12. The minimum absolute atomic E-state index is 0.00860. The normalized spacial score (nSPS) is 17.8. The first-order valence-electron chi connectivity index (χ1n) is 9.94. The van der Waals surface area contributed by atoms with Crippen LogP contribution in [-0.2, 0) is 4.79 Å². The first kappa shape index (κ1) is 22.4. The van der Waals surface area contributed by atoms with Crippen molar-refractivity contribution in [2.45, 2.75) is 6.04 Å². The molecule has 1 unspecified atom stereocenters. The summed E-state index contributed by atoms with van der Waals surface area (Å²) >= 11 is 0. The SMILES string of the molecule is COc1c(OC(=O)O)cnc2ccc(/C=S3/CC(=O)NC3=N[C@@H](CO)c3ccccc3)cc12. The van der Waals surface area contributed by atoms with Crippen LogP contribution >= 0.6 is 10.5 Å². The average molecular weight is 468 g/mol. The standard InChI is InChI=1S/C23H21N3O6S/c1-31-21-16-9-14(7-8-17(16)24-10-19(21)32-23(29)30)12-33-13-20(28)26-22(33)25-18(11-27)15-5-3-2-4-6-15/h2-10,12,18,27H,11,13H2,1H3,(H,29,30)(H,25,26,28)/t18-,33?/m0/s1. The van der Waals surface area contributed by atoms with Crippen LogP contribution in [0.4, 0.5) is 4.79 Å². The molecule has 4 rings (SSSR count). The first-order valence-corrected chi connectivity index (χ1v) is 11.4. The van der Waals surface area contributed by atoms with Gasteiger partial charge in [0.15, 0.2) is 16.7 Å². The largest absolute Gasteiger partial charge is 0.511 e. The fourth-order valence-corrected chi connectivity index (χ4v) is 5.12. The van der Waals surface area contributed by atoms with E-state index < -0.39 is 22.7 Å². The van der Waals surface area contributed by atoms with Gasteiger partial charge in [0.2, 0.25) is 5.91 Å². The molecule has 1 aliphatic heterocycles. The summed E-state index contributed by atoms with van der Waals surface area (Å²) < 4.78 is 10.2. The second kappa shape index (κ2) is 9.80. The zero-order valence-electron chi connectivity index (χ0n) is 17.6. The quantitative estimate of drug-likeness (QED) is 0.375. The molecule has 9 nitrogen and oxygen atoms in total. The number of pyridine rings is 1. The van der Waals surface area contributed by atoms with E-state index in [1.165, 1.54) is 13.3 Å². The van der Waals surface area contributed by atoms with Crippen LogP contribution in [0, 0.1) is 0 Å². The van der Waals surface area contributed by atoms with Crippen molar-refractivity contribution in [1.29, 1.82) is 0 Å². The van der Waals surface area contributed by atoms with Crippen LogP contribution in [0.1, 0.15) is 17.2 Å². The van der Waals surface area contributed by atoms with E-state index in [-0.39, 0.29) is 29.8 Å². The lowest BCUT2D eigenvalue weighted by atomic mass is 10.1. The fourth-order valence-electron chi connectivity index (χ4n) is 3.45. The van der Waals surface area contributed by atoms with E-state index in [1.54, 1.807) is 12.1 Å². The molecular weight excluding hydrogens is 446 g/mol. The number of nitrogens with one attached hydrogen (secondary N) is 1. The number of carboxylic acid groups (broad SMARTS) is 1. The summed E-state index contributed by atoms with van der Waals surface area (Å²) in [5, 5.41) is 24.6. The average Bonchev–Trinajstić information content (AvgIpc) is 3.15. The van der Waals surface area contributed by atoms with Crippen molar-refractivity contribution in [2.24, 2.45) is 4.99 Å². The second-order valence-corrected chi connectivity index (χ2v) is 8.85. The van der Waals surface area contributed by atoms with Crippen LogP contribution in [0.5, 0.6) is 11.5 Å². The van der Waals surface area contributed by atoms with Gasteiger partial charge in [0.25, 0.3) is 0 Å². The minimum atomic E-state index is -1.47. The second-order valence-electron chi connectivity index (χ2n) is 7.08. The van der Waals surface area contributed by atoms with Crippen molar-refractivity contribution in [2.75, 3.05) is 19.5 Å². The van der Waals surface area contributed by atoms with Crippen molar-refractivity contribution in [3.05, 3.63) is 65.9 Å². The van der Waals surface area contributed by atoms with E-state index in [0.29, 0.717) is 16.1 Å². The van der Waals surface area contributed by atoms with Crippen LogP contribution in [0.25, 0.3) is 10.9 Å². The van der Waals surface area contributed by atoms with Gasteiger partial charge in [-0.25, -0.2) is 4.79 Å². The van der Waals surface area contributed by atoms with Crippen LogP contribution < -0.4 is 14.8 Å². The molecule has 3 N–H and O–H groups in total. The van der Waals surface area contributed by atoms with Crippen molar-refractivity contribution >= 4 is 44.0 Å². The van der Waals surface area contributed by atoms with E-state index in [4.69, 9.17) is 14.6 Å². The van der Waals surface area contributed by atoms with E-state index >= 15 is 0 Å². The molecule has 0 radical (unpaired) electrons. The van der Waals surface area contributed by atoms with Gasteiger partial charge in [-0.1, -0.05) is 36.4 Å². The number of aliphatic hydroxyl groups excluding tert-OH is 1. The van der Waals surface area contributed by atoms with Gasteiger partial charge in [0, 0.05) is 5.39 Å². The molecule has 2 heterocycles. The molecular formula is C23H21N3O6S. The lowest BCUT2D eigenvalue weighted by molar-refractivity contribution is -0.116. The summed E-state index contributed by atoms with van der Waals surface area (Å²) in [6.45, 7) is -0.189. The third-order valence-electron chi connectivity index (χ3n) is 4.90. The summed E-state index contributed by atoms with van der Waals surface area (Å²) in [6.07, 6.45) is -0.171. The predicted octanol–water partition coefficient (Wildman–Crippen LogP) is 2.94. The van der Waals surface area contributed by atoms with E-state index in [1.807, 2.05) is 41.8 Å². The highest BCUT2D eigenvalue weighted by Gasteiger charge is 2.23. The number of carbonyl (C=O) groups excluding carboxylic acids is 1. The predicted molar refractivity (Wildman–Crippen MR) is 126 cm³/mol. The Labute approximate surface area is 191 Å². The summed E-state index contributed by atoms with van der Waals surface area (Å²) in [4.78, 5) is 32.0. The number of rotatable bonds is 6.